The van der Waals surface area contributed by atoms with Crippen LogP contribution in [0.4, 0.5) is 20.4 Å². The van der Waals surface area contributed by atoms with E-state index in [9.17, 15) is 8.78 Å². The Labute approximate surface area is 186 Å². The molecule has 1 aliphatic rings. The highest BCUT2D eigenvalue weighted by Crippen LogP contribution is 2.33. The van der Waals surface area contributed by atoms with E-state index in [4.69, 9.17) is 17.0 Å². The third-order valence-electron chi connectivity index (χ3n) is 5.62. The lowest BCUT2D eigenvalue weighted by molar-refractivity contribution is 0.139. The molecule has 3 N–H and O–H groups in total. The standard InChI is InChI=1S/C21H28ClF2N7/c1-13(26-11-19(23)24)17(9-25)29-20-27-10-14-7-15(22)18(8-16(14)28-20)31-6-5-30(4)21(2,3)12-31/h7-10,19,25-26H,5-6,11-12H2,1-4H3,(H,27,28,29)/b17-13+,25-9?. The second kappa shape index (κ2) is 9.32. The molecule has 0 radical (unpaired) electrons. The van der Waals surface area contributed by atoms with Gasteiger partial charge in [-0.15, -0.1) is 0 Å². The highest BCUT2D eigenvalue weighted by Gasteiger charge is 2.32. The number of nitrogens with zero attached hydrogens (tertiary/aromatic N) is 4. The molecule has 31 heavy (non-hydrogen) atoms. The zero-order valence-electron chi connectivity index (χ0n) is 18.1. The molecule has 0 unspecified atom stereocenters. The smallest absolute Gasteiger partial charge is 0.255 e. The van der Waals surface area contributed by atoms with Gasteiger partial charge in [0.15, 0.2) is 0 Å². The largest absolute Gasteiger partial charge is 0.381 e. The van der Waals surface area contributed by atoms with E-state index >= 15 is 0 Å². The third-order valence-corrected chi connectivity index (χ3v) is 5.92. The number of anilines is 2. The molecule has 1 fully saturated rings. The van der Waals surface area contributed by atoms with E-state index in [1.165, 1.54) is 0 Å². The third kappa shape index (κ3) is 5.40. The molecule has 1 saturated heterocycles. The predicted octanol–water partition coefficient (Wildman–Crippen LogP) is 3.96. The van der Waals surface area contributed by atoms with E-state index in [0.717, 1.165) is 36.9 Å². The van der Waals surface area contributed by atoms with Gasteiger partial charge in [0.1, 0.15) is 0 Å². The molecule has 3 rings (SSSR count). The van der Waals surface area contributed by atoms with Gasteiger partial charge in [-0.2, -0.15) is 0 Å². The lowest BCUT2D eigenvalue weighted by atomic mass is 9.99. The Kier molecular flexibility index (Phi) is 6.96. The average Bonchev–Trinajstić information content (AvgIpc) is 2.71. The van der Waals surface area contributed by atoms with Crippen LogP contribution in [0.5, 0.6) is 0 Å². The molecule has 1 aliphatic heterocycles. The fraction of sp³-hybridized carbons (Fsp3) is 0.476. The molecule has 168 valence electrons. The van der Waals surface area contributed by atoms with E-state index in [2.05, 4.69) is 51.3 Å². The molecule has 0 atom stereocenters. The van der Waals surface area contributed by atoms with E-state index in [1.807, 2.05) is 12.1 Å². The van der Waals surface area contributed by atoms with Crippen molar-refractivity contribution in [1.29, 1.82) is 5.41 Å². The molecule has 7 nitrogen and oxygen atoms in total. The number of hydrogen-bond donors (Lipinski definition) is 3. The Hall–Kier alpha value is -2.52. The lowest BCUT2D eigenvalue weighted by Crippen LogP contribution is -2.57. The van der Waals surface area contributed by atoms with Crippen LogP contribution in [0.3, 0.4) is 0 Å². The van der Waals surface area contributed by atoms with Gasteiger partial charge in [-0.25, -0.2) is 18.7 Å². The summed E-state index contributed by atoms with van der Waals surface area (Å²) in [6.45, 7) is 8.15. The number of likely N-dealkylation sites (N-methyl/N-ethyl adjacent to an activating group) is 1. The molecular formula is C21H28ClF2N7. The first-order chi connectivity index (χ1) is 14.6. The topological polar surface area (TPSA) is 80.2 Å². The normalized spacial score (nSPS) is 17.6. The Balaban J connectivity index is 1.89. The molecule has 0 amide bonds. The van der Waals surface area contributed by atoms with Crippen molar-refractivity contribution in [1.82, 2.24) is 20.2 Å². The Bertz CT molecular complexity index is 993. The number of aromatic nitrogens is 2. The minimum atomic E-state index is -2.48. The van der Waals surface area contributed by atoms with Gasteiger partial charge in [-0.1, -0.05) is 11.6 Å². The number of fused-ring (bicyclic) bond motifs is 1. The maximum Gasteiger partial charge on any atom is 0.255 e. The van der Waals surface area contributed by atoms with Crippen LogP contribution in [0.15, 0.2) is 29.7 Å². The maximum atomic E-state index is 12.5. The Morgan fingerprint density at radius 2 is 2.10 bits per heavy atom. The van der Waals surface area contributed by atoms with Crippen molar-refractivity contribution in [2.45, 2.75) is 32.7 Å². The highest BCUT2D eigenvalue weighted by molar-refractivity contribution is 6.34. The zero-order valence-corrected chi connectivity index (χ0v) is 18.9. The first kappa shape index (κ1) is 23.1. The number of allylic oxidation sites excluding steroid dienone is 2. The average molecular weight is 452 g/mol. The SMILES string of the molecule is C/C(NCC(F)F)=C(/C=N)Nc1ncc2cc(Cl)c(N3CCN(C)C(C)(C)C3)cc2n1. The minimum Gasteiger partial charge on any atom is -0.381 e. The van der Waals surface area contributed by atoms with Crippen LogP contribution in [-0.2, 0) is 0 Å². The molecule has 2 aromatic rings. The zero-order chi connectivity index (χ0) is 22.8. The van der Waals surface area contributed by atoms with E-state index in [-0.39, 0.29) is 11.5 Å². The summed E-state index contributed by atoms with van der Waals surface area (Å²) in [5.41, 5.74) is 2.36. The van der Waals surface area contributed by atoms with Crippen molar-refractivity contribution in [3.8, 4) is 0 Å². The molecule has 0 aliphatic carbocycles. The second-order valence-electron chi connectivity index (χ2n) is 8.29. The van der Waals surface area contributed by atoms with Crippen LogP contribution in [0.2, 0.25) is 5.02 Å². The van der Waals surface area contributed by atoms with Crippen molar-refractivity contribution in [2.24, 2.45) is 0 Å². The van der Waals surface area contributed by atoms with Gasteiger partial charge in [0.25, 0.3) is 6.43 Å². The van der Waals surface area contributed by atoms with Gasteiger partial charge in [0, 0.05) is 48.7 Å². The molecule has 2 heterocycles. The van der Waals surface area contributed by atoms with Crippen molar-refractivity contribution < 1.29 is 8.78 Å². The maximum absolute atomic E-state index is 12.5. The van der Waals surface area contributed by atoms with Gasteiger partial charge in [-0.05, 0) is 40.0 Å². The summed E-state index contributed by atoms with van der Waals surface area (Å²) in [6, 6.07) is 3.80. The van der Waals surface area contributed by atoms with Crippen LogP contribution in [-0.4, -0.2) is 66.3 Å². The van der Waals surface area contributed by atoms with E-state index in [0.29, 0.717) is 21.9 Å². The van der Waals surface area contributed by atoms with Crippen LogP contribution in [0, 0.1) is 5.41 Å². The minimum absolute atomic E-state index is 0.0152. The van der Waals surface area contributed by atoms with Crippen LogP contribution in [0.25, 0.3) is 10.9 Å². The lowest BCUT2D eigenvalue weighted by Gasteiger charge is -2.46. The molecule has 1 aromatic heterocycles. The number of piperazine rings is 1. The number of halogens is 3. The molecule has 0 saturated carbocycles. The summed E-state index contributed by atoms with van der Waals surface area (Å²) in [6.07, 6.45) is 0.208. The molecule has 10 heteroatoms. The van der Waals surface area contributed by atoms with Crippen LogP contribution < -0.4 is 15.5 Å². The summed E-state index contributed by atoms with van der Waals surface area (Å²) in [5.74, 6) is 0.274. The van der Waals surface area contributed by atoms with Crippen LogP contribution >= 0.6 is 11.6 Å². The number of hydrogen-bond acceptors (Lipinski definition) is 7. The molecule has 0 bridgehead atoms. The number of rotatable bonds is 7. The Morgan fingerprint density at radius 1 is 1.35 bits per heavy atom. The van der Waals surface area contributed by atoms with Crippen molar-refractivity contribution in [3.05, 3.63) is 34.7 Å². The first-order valence-corrected chi connectivity index (χ1v) is 10.4. The van der Waals surface area contributed by atoms with Gasteiger partial charge in [0.05, 0.1) is 28.5 Å². The van der Waals surface area contributed by atoms with E-state index in [1.54, 1.807) is 13.1 Å². The van der Waals surface area contributed by atoms with Gasteiger partial charge in [-0.3, -0.25) is 4.90 Å². The molecular weight excluding hydrogens is 424 g/mol. The van der Waals surface area contributed by atoms with Crippen molar-refractivity contribution in [2.75, 3.05) is 43.4 Å². The van der Waals surface area contributed by atoms with Gasteiger partial charge >= 0.3 is 0 Å². The summed E-state index contributed by atoms with van der Waals surface area (Å²) in [7, 11) is 2.12. The number of nitrogens with one attached hydrogen (secondary N) is 3. The fourth-order valence-electron chi connectivity index (χ4n) is 3.47. The Morgan fingerprint density at radius 3 is 2.74 bits per heavy atom. The highest BCUT2D eigenvalue weighted by atomic mass is 35.5. The summed E-state index contributed by atoms with van der Waals surface area (Å²) in [5, 5.41) is 14.5. The molecule has 1 aromatic carbocycles. The van der Waals surface area contributed by atoms with Crippen molar-refractivity contribution >= 4 is 40.4 Å². The second-order valence-corrected chi connectivity index (χ2v) is 8.70. The number of benzene rings is 1. The van der Waals surface area contributed by atoms with Crippen molar-refractivity contribution in [3.63, 3.8) is 0 Å². The summed E-state index contributed by atoms with van der Waals surface area (Å²) >= 11 is 6.58. The predicted molar refractivity (Wildman–Crippen MR) is 123 cm³/mol. The molecule has 0 spiro atoms. The van der Waals surface area contributed by atoms with Gasteiger partial charge < -0.3 is 20.9 Å². The van der Waals surface area contributed by atoms with Gasteiger partial charge in [0.2, 0.25) is 5.95 Å². The monoisotopic (exact) mass is 451 g/mol. The van der Waals surface area contributed by atoms with Crippen LogP contribution in [0.1, 0.15) is 20.8 Å². The number of alkyl halides is 2. The fourth-order valence-corrected chi connectivity index (χ4v) is 3.76. The quantitative estimate of drug-likeness (QED) is 0.553. The first-order valence-electron chi connectivity index (χ1n) is 10.0. The summed E-state index contributed by atoms with van der Waals surface area (Å²) < 4.78 is 24.9. The van der Waals surface area contributed by atoms with E-state index < -0.39 is 13.0 Å². The summed E-state index contributed by atoms with van der Waals surface area (Å²) in [4.78, 5) is 13.4.